The first-order valence-corrected chi connectivity index (χ1v) is 9.88. The SMILES string of the molecule is O=C(O)[C@H]1c2ccccc2CCN1Sc1ccc(-c2ccc(Cl)cc2)cc1. The lowest BCUT2D eigenvalue weighted by molar-refractivity contribution is -0.141. The summed E-state index contributed by atoms with van der Waals surface area (Å²) in [5.74, 6) is -0.813. The lowest BCUT2D eigenvalue weighted by Crippen LogP contribution is -2.35. The molecule has 0 radical (unpaired) electrons. The number of carboxylic acid groups (broad SMARTS) is 1. The Hall–Kier alpha value is -2.27. The molecule has 0 aromatic heterocycles. The van der Waals surface area contributed by atoms with E-state index < -0.39 is 12.0 Å². The van der Waals surface area contributed by atoms with E-state index in [1.54, 1.807) is 0 Å². The molecule has 5 heteroatoms. The van der Waals surface area contributed by atoms with Gasteiger partial charge in [0.25, 0.3) is 0 Å². The fourth-order valence-corrected chi connectivity index (χ4v) is 4.53. The van der Waals surface area contributed by atoms with E-state index in [1.807, 2.05) is 65.0 Å². The third-order valence-electron chi connectivity index (χ3n) is 4.73. The summed E-state index contributed by atoms with van der Waals surface area (Å²) in [7, 11) is 0. The molecule has 0 saturated carbocycles. The third kappa shape index (κ3) is 3.88. The van der Waals surface area contributed by atoms with Gasteiger partial charge in [0, 0.05) is 16.5 Å². The fourth-order valence-electron chi connectivity index (χ4n) is 3.38. The molecule has 0 saturated heterocycles. The van der Waals surface area contributed by atoms with E-state index in [0.717, 1.165) is 38.6 Å². The van der Waals surface area contributed by atoms with E-state index in [-0.39, 0.29) is 0 Å². The summed E-state index contributed by atoms with van der Waals surface area (Å²) < 4.78 is 1.96. The van der Waals surface area contributed by atoms with Gasteiger partial charge in [-0.25, -0.2) is 4.31 Å². The molecule has 1 aliphatic rings. The maximum absolute atomic E-state index is 11.9. The van der Waals surface area contributed by atoms with Gasteiger partial charge in [-0.3, -0.25) is 4.79 Å². The van der Waals surface area contributed by atoms with Crippen LogP contribution in [0.1, 0.15) is 17.2 Å². The Labute approximate surface area is 167 Å². The summed E-state index contributed by atoms with van der Waals surface area (Å²) in [6, 6.07) is 23.1. The molecule has 1 atom stereocenters. The number of fused-ring (bicyclic) bond motifs is 1. The van der Waals surface area contributed by atoms with Crippen molar-refractivity contribution in [2.75, 3.05) is 6.54 Å². The van der Waals surface area contributed by atoms with E-state index in [0.29, 0.717) is 6.54 Å². The van der Waals surface area contributed by atoms with E-state index in [2.05, 4.69) is 12.1 Å². The second-order valence-corrected chi connectivity index (χ2v) is 8.01. The van der Waals surface area contributed by atoms with Gasteiger partial charge in [-0.1, -0.05) is 60.1 Å². The molecule has 27 heavy (non-hydrogen) atoms. The van der Waals surface area contributed by atoms with Gasteiger partial charge in [0.05, 0.1) is 0 Å². The molecule has 1 heterocycles. The average Bonchev–Trinajstić information content (AvgIpc) is 2.69. The first-order chi connectivity index (χ1) is 13.1. The van der Waals surface area contributed by atoms with Crippen LogP contribution in [-0.4, -0.2) is 21.9 Å². The topological polar surface area (TPSA) is 40.5 Å². The molecule has 0 unspecified atom stereocenters. The van der Waals surface area contributed by atoms with Gasteiger partial charge in [-0.2, -0.15) is 0 Å². The molecule has 1 N–H and O–H groups in total. The Balaban J connectivity index is 1.55. The standard InChI is InChI=1S/C22H18ClNO2S/c23-18-9-5-15(6-10-18)16-7-11-19(12-8-16)27-24-14-13-17-3-1-2-4-20(17)21(24)22(25)26/h1-12,21H,13-14H2,(H,25,26)/t21-/m1/s1. The monoisotopic (exact) mass is 395 g/mol. The molecule has 0 aliphatic carbocycles. The van der Waals surface area contributed by atoms with Crippen LogP contribution in [0.25, 0.3) is 11.1 Å². The maximum Gasteiger partial charge on any atom is 0.326 e. The van der Waals surface area contributed by atoms with Crippen LogP contribution in [0, 0.1) is 0 Å². The number of hydrogen-bond donors (Lipinski definition) is 1. The molecule has 0 amide bonds. The van der Waals surface area contributed by atoms with Gasteiger partial charge in [0.2, 0.25) is 0 Å². The zero-order chi connectivity index (χ0) is 18.8. The highest BCUT2D eigenvalue weighted by molar-refractivity contribution is 7.97. The summed E-state index contributed by atoms with van der Waals surface area (Å²) in [4.78, 5) is 12.9. The number of aliphatic carboxylic acids is 1. The minimum Gasteiger partial charge on any atom is -0.480 e. The van der Waals surface area contributed by atoms with Crippen molar-refractivity contribution < 1.29 is 9.90 Å². The summed E-state index contributed by atoms with van der Waals surface area (Å²) in [6.45, 7) is 0.706. The Kier molecular flexibility index (Phi) is 5.21. The predicted molar refractivity (Wildman–Crippen MR) is 110 cm³/mol. The van der Waals surface area contributed by atoms with Gasteiger partial charge in [0.1, 0.15) is 6.04 Å². The first-order valence-electron chi connectivity index (χ1n) is 8.73. The Bertz CT molecular complexity index is 957. The van der Waals surface area contributed by atoms with E-state index in [9.17, 15) is 9.90 Å². The van der Waals surface area contributed by atoms with Crippen LogP contribution in [0.5, 0.6) is 0 Å². The average molecular weight is 396 g/mol. The van der Waals surface area contributed by atoms with Crippen molar-refractivity contribution in [3.63, 3.8) is 0 Å². The normalized spacial score (nSPS) is 16.7. The fraction of sp³-hybridized carbons (Fsp3) is 0.136. The van der Waals surface area contributed by atoms with Crippen molar-refractivity contribution in [1.29, 1.82) is 0 Å². The van der Waals surface area contributed by atoms with Gasteiger partial charge in [0.15, 0.2) is 0 Å². The Morgan fingerprint density at radius 3 is 2.26 bits per heavy atom. The highest BCUT2D eigenvalue weighted by Crippen LogP contribution is 2.38. The molecule has 3 nitrogen and oxygen atoms in total. The third-order valence-corrected chi connectivity index (χ3v) is 6.09. The lowest BCUT2D eigenvalue weighted by atomic mass is 9.94. The lowest BCUT2D eigenvalue weighted by Gasteiger charge is -2.33. The summed E-state index contributed by atoms with van der Waals surface area (Å²) in [5.41, 5.74) is 4.22. The molecular formula is C22H18ClNO2S. The smallest absolute Gasteiger partial charge is 0.326 e. The van der Waals surface area contributed by atoms with E-state index >= 15 is 0 Å². The van der Waals surface area contributed by atoms with Crippen molar-refractivity contribution >= 4 is 29.5 Å². The number of rotatable bonds is 4. The summed E-state index contributed by atoms with van der Waals surface area (Å²) >= 11 is 7.45. The van der Waals surface area contributed by atoms with Gasteiger partial charge in [-0.15, -0.1) is 0 Å². The van der Waals surface area contributed by atoms with Gasteiger partial charge >= 0.3 is 5.97 Å². The van der Waals surface area contributed by atoms with E-state index in [4.69, 9.17) is 11.6 Å². The van der Waals surface area contributed by atoms with Crippen molar-refractivity contribution in [2.24, 2.45) is 0 Å². The minimum atomic E-state index is -0.813. The van der Waals surface area contributed by atoms with Crippen LogP contribution in [-0.2, 0) is 11.2 Å². The molecule has 1 aliphatic heterocycles. The van der Waals surface area contributed by atoms with Crippen LogP contribution < -0.4 is 0 Å². The summed E-state index contributed by atoms with van der Waals surface area (Å²) in [6.07, 6.45) is 0.857. The van der Waals surface area contributed by atoms with Crippen LogP contribution in [0.4, 0.5) is 0 Å². The van der Waals surface area contributed by atoms with Crippen molar-refractivity contribution in [1.82, 2.24) is 4.31 Å². The molecule has 3 aromatic rings. The molecule has 136 valence electrons. The minimum absolute atomic E-state index is 0.629. The maximum atomic E-state index is 11.9. The van der Waals surface area contributed by atoms with Crippen LogP contribution in [0.2, 0.25) is 5.02 Å². The highest BCUT2D eigenvalue weighted by atomic mass is 35.5. The van der Waals surface area contributed by atoms with Gasteiger partial charge < -0.3 is 5.11 Å². The van der Waals surface area contributed by atoms with Gasteiger partial charge in [-0.05, 0) is 64.9 Å². The number of hydrogen-bond acceptors (Lipinski definition) is 3. The first kappa shape index (κ1) is 18.1. The number of halogens is 1. The van der Waals surface area contributed by atoms with Crippen LogP contribution in [0.3, 0.4) is 0 Å². The van der Waals surface area contributed by atoms with Crippen LogP contribution in [0.15, 0.2) is 77.7 Å². The van der Waals surface area contributed by atoms with Crippen molar-refractivity contribution in [3.8, 4) is 11.1 Å². The Morgan fingerprint density at radius 1 is 0.963 bits per heavy atom. The molecular weight excluding hydrogens is 378 g/mol. The Morgan fingerprint density at radius 2 is 1.59 bits per heavy atom. The quantitative estimate of drug-likeness (QED) is 0.575. The van der Waals surface area contributed by atoms with Crippen molar-refractivity contribution in [2.45, 2.75) is 17.4 Å². The number of carbonyl (C=O) groups is 1. The highest BCUT2D eigenvalue weighted by Gasteiger charge is 2.33. The molecule has 3 aromatic carbocycles. The number of nitrogens with zero attached hydrogens (tertiary/aromatic N) is 1. The molecule has 0 bridgehead atoms. The van der Waals surface area contributed by atoms with Crippen molar-refractivity contribution in [3.05, 3.63) is 88.9 Å². The second kappa shape index (κ2) is 7.77. The largest absolute Gasteiger partial charge is 0.480 e. The number of benzene rings is 3. The second-order valence-electron chi connectivity index (χ2n) is 6.45. The molecule has 0 fully saturated rings. The van der Waals surface area contributed by atoms with Crippen LogP contribution >= 0.6 is 23.5 Å². The molecule has 4 rings (SSSR count). The summed E-state index contributed by atoms with van der Waals surface area (Å²) in [5, 5.41) is 10.5. The number of carboxylic acids is 1. The van der Waals surface area contributed by atoms with E-state index in [1.165, 1.54) is 11.9 Å². The molecule has 0 spiro atoms. The zero-order valence-corrected chi connectivity index (χ0v) is 16.1. The zero-order valence-electron chi connectivity index (χ0n) is 14.5. The predicted octanol–water partition coefficient (Wildman–Crippen LogP) is 5.70.